The Morgan fingerprint density at radius 2 is 1.85 bits per heavy atom. The number of nitrogens with zero attached hydrogens (tertiary/aromatic N) is 1. The van der Waals surface area contributed by atoms with E-state index in [1.807, 2.05) is 0 Å². The summed E-state index contributed by atoms with van der Waals surface area (Å²) in [7, 11) is -3.51. The number of rotatable bonds is 7. The Kier molecular flexibility index (Phi) is 6.91. The molecule has 0 bridgehead atoms. The molecule has 1 aliphatic rings. The quantitative estimate of drug-likeness (QED) is 0.707. The average molecular weight is 305 g/mol. The first kappa shape index (κ1) is 17.4. The summed E-state index contributed by atoms with van der Waals surface area (Å²) >= 11 is 0. The van der Waals surface area contributed by atoms with E-state index >= 15 is 0 Å². The lowest BCUT2D eigenvalue weighted by Crippen LogP contribution is -2.48. The standard InChI is InChI=1S/C13H27N3O3S/c1-3-16(4-2)20(18,19)10-13(17)15-12-8-6-5-7-11(12)9-14/h11-12H,3-10,14H2,1-2H3,(H,15,17). The third-order valence-electron chi connectivity index (χ3n) is 3.97. The summed E-state index contributed by atoms with van der Waals surface area (Å²) in [5.41, 5.74) is 5.71. The van der Waals surface area contributed by atoms with Crippen molar-refractivity contribution in [3.05, 3.63) is 0 Å². The second kappa shape index (κ2) is 7.95. The Morgan fingerprint density at radius 1 is 1.25 bits per heavy atom. The highest BCUT2D eigenvalue weighted by molar-refractivity contribution is 7.89. The molecule has 0 radical (unpaired) electrons. The first-order chi connectivity index (χ1) is 9.44. The Bertz CT molecular complexity index is 407. The molecule has 7 heteroatoms. The van der Waals surface area contributed by atoms with Crippen LogP contribution in [0.2, 0.25) is 0 Å². The first-order valence-corrected chi connectivity index (χ1v) is 9.02. The van der Waals surface area contributed by atoms with Crippen molar-refractivity contribution in [2.24, 2.45) is 11.7 Å². The predicted molar refractivity (Wildman–Crippen MR) is 79.7 cm³/mol. The lowest BCUT2D eigenvalue weighted by atomic mass is 9.84. The van der Waals surface area contributed by atoms with Gasteiger partial charge >= 0.3 is 0 Å². The number of nitrogens with two attached hydrogens (primary N) is 1. The van der Waals surface area contributed by atoms with Crippen molar-refractivity contribution in [1.82, 2.24) is 9.62 Å². The summed E-state index contributed by atoms with van der Waals surface area (Å²) in [6.45, 7) is 4.85. The predicted octanol–water partition coefficient (Wildman–Crippen LogP) is 0.292. The highest BCUT2D eigenvalue weighted by atomic mass is 32.2. The van der Waals surface area contributed by atoms with Gasteiger partial charge in [-0.15, -0.1) is 0 Å². The van der Waals surface area contributed by atoms with Gasteiger partial charge in [-0.1, -0.05) is 26.7 Å². The smallest absolute Gasteiger partial charge is 0.236 e. The second-order valence-corrected chi connectivity index (χ2v) is 7.26. The highest BCUT2D eigenvalue weighted by Crippen LogP contribution is 2.23. The van der Waals surface area contributed by atoms with E-state index in [1.165, 1.54) is 4.31 Å². The van der Waals surface area contributed by atoms with Gasteiger partial charge in [-0.3, -0.25) is 4.79 Å². The number of amides is 1. The van der Waals surface area contributed by atoms with Crippen LogP contribution in [0.5, 0.6) is 0 Å². The molecule has 1 aliphatic carbocycles. The number of hydrogen-bond donors (Lipinski definition) is 2. The van der Waals surface area contributed by atoms with Crippen LogP contribution in [0.4, 0.5) is 0 Å². The summed E-state index contributed by atoms with van der Waals surface area (Å²) in [5, 5.41) is 2.85. The van der Waals surface area contributed by atoms with Gasteiger partial charge < -0.3 is 11.1 Å². The molecule has 2 atom stereocenters. The van der Waals surface area contributed by atoms with E-state index in [0.29, 0.717) is 19.6 Å². The van der Waals surface area contributed by atoms with E-state index in [4.69, 9.17) is 5.73 Å². The zero-order chi connectivity index (χ0) is 15.2. The minimum absolute atomic E-state index is 0.0214. The van der Waals surface area contributed by atoms with Gasteiger partial charge in [0.2, 0.25) is 15.9 Å². The Labute approximate surface area is 122 Å². The monoisotopic (exact) mass is 305 g/mol. The van der Waals surface area contributed by atoms with Crippen molar-refractivity contribution < 1.29 is 13.2 Å². The van der Waals surface area contributed by atoms with E-state index in [0.717, 1.165) is 25.7 Å². The third kappa shape index (κ3) is 4.71. The number of hydrogen-bond acceptors (Lipinski definition) is 4. The number of sulfonamides is 1. The van der Waals surface area contributed by atoms with Crippen molar-refractivity contribution in [2.75, 3.05) is 25.4 Å². The molecule has 1 rings (SSSR count). The molecule has 0 aliphatic heterocycles. The molecular formula is C13H27N3O3S. The Morgan fingerprint density at radius 3 is 2.40 bits per heavy atom. The topological polar surface area (TPSA) is 92.5 Å². The molecule has 1 fully saturated rings. The lowest BCUT2D eigenvalue weighted by molar-refractivity contribution is -0.119. The van der Waals surface area contributed by atoms with Gasteiger partial charge in [0.25, 0.3) is 0 Å². The molecule has 2 unspecified atom stereocenters. The first-order valence-electron chi connectivity index (χ1n) is 7.41. The fourth-order valence-electron chi connectivity index (χ4n) is 2.80. The fourth-order valence-corrected chi connectivity index (χ4v) is 4.19. The molecule has 0 spiro atoms. The van der Waals surface area contributed by atoms with Gasteiger partial charge in [-0.05, 0) is 25.3 Å². The summed E-state index contributed by atoms with van der Waals surface area (Å²) in [6.07, 6.45) is 4.08. The number of carbonyl (C=O) groups is 1. The van der Waals surface area contributed by atoms with Crippen molar-refractivity contribution in [2.45, 2.75) is 45.6 Å². The van der Waals surface area contributed by atoms with E-state index in [9.17, 15) is 13.2 Å². The minimum atomic E-state index is -3.51. The van der Waals surface area contributed by atoms with Crippen molar-refractivity contribution in [3.8, 4) is 0 Å². The van der Waals surface area contributed by atoms with Gasteiger partial charge in [-0.25, -0.2) is 12.7 Å². The molecule has 0 heterocycles. The molecule has 1 amide bonds. The van der Waals surface area contributed by atoms with Crippen LogP contribution in [0, 0.1) is 5.92 Å². The summed E-state index contributed by atoms with van der Waals surface area (Å²) in [6, 6.07) is 0.0214. The zero-order valence-electron chi connectivity index (χ0n) is 12.5. The Hall–Kier alpha value is -0.660. The lowest BCUT2D eigenvalue weighted by Gasteiger charge is -2.31. The fraction of sp³-hybridized carbons (Fsp3) is 0.923. The van der Waals surface area contributed by atoms with Gasteiger partial charge in [0.05, 0.1) is 0 Å². The van der Waals surface area contributed by atoms with Crippen molar-refractivity contribution in [3.63, 3.8) is 0 Å². The third-order valence-corrected chi connectivity index (χ3v) is 5.90. The molecule has 1 saturated carbocycles. The number of nitrogens with one attached hydrogen (secondary N) is 1. The van der Waals surface area contributed by atoms with Gasteiger partial charge in [0.1, 0.15) is 5.75 Å². The summed E-state index contributed by atoms with van der Waals surface area (Å²) < 4.78 is 25.4. The summed E-state index contributed by atoms with van der Waals surface area (Å²) in [5.74, 6) is -0.617. The molecule has 3 N–H and O–H groups in total. The maximum absolute atomic E-state index is 12.0. The largest absolute Gasteiger partial charge is 0.352 e. The van der Waals surface area contributed by atoms with Crippen LogP contribution in [0.25, 0.3) is 0 Å². The minimum Gasteiger partial charge on any atom is -0.352 e. The molecule has 6 nitrogen and oxygen atoms in total. The maximum Gasteiger partial charge on any atom is 0.236 e. The molecule has 0 saturated heterocycles. The van der Waals surface area contributed by atoms with Crippen molar-refractivity contribution in [1.29, 1.82) is 0 Å². The van der Waals surface area contributed by atoms with Crippen molar-refractivity contribution >= 4 is 15.9 Å². The van der Waals surface area contributed by atoms with Crippen LogP contribution < -0.4 is 11.1 Å². The molecule has 0 aromatic rings. The van der Waals surface area contributed by atoms with Gasteiger partial charge in [0, 0.05) is 19.1 Å². The SMILES string of the molecule is CCN(CC)S(=O)(=O)CC(=O)NC1CCCCC1CN. The van der Waals surface area contributed by atoms with Crippen LogP contribution in [0.15, 0.2) is 0 Å². The second-order valence-electron chi connectivity index (χ2n) is 5.29. The van der Waals surface area contributed by atoms with Crippen LogP contribution in [0.1, 0.15) is 39.5 Å². The molecule has 0 aromatic heterocycles. The van der Waals surface area contributed by atoms with Crippen LogP contribution in [-0.4, -0.2) is 50.1 Å². The van der Waals surface area contributed by atoms with Gasteiger partial charge in [-0.2, -0.15) is 0 Å². The van der Waals surface area contributed by atoms with Crippen LogP contribution >= 0.6 is 0 Å². The van der Waals surface area contributed by atoms with E-state index in [-0.39, 0.29) is 12.0 Å². The summed E-state index contributed by atoms with van der Waals surface area (Å²) in [4.78, 5) is 12.0. The van der Waals surface area contributed by atoms with Crippen LogP contribution in [-0.2, 0) is 14.8 Å². The zero-order valence-corrected chi connectivity index (χ0v) is 13.3. The molecule has 118 valence electrons. The van der Waals surface area contributed by atoms with Crippen LogP contribution in [0.3, 0.4) is 0 Å². The highest BCUT2D eigenvalue weighted by Gasteiger charge is 2.28. The van der Waals surface area contributed by atoms with E-state index < -0.39 is 21.7 Å². The Balaban J connectivity index is 2.58. The molecule has 20 heavy (non-hydrogen) atoms. The average Bonchev–Trinajstić information content (AvgIpc) is 2.39. The molecule has 0 aromatic carbocycles. The van der Waals surface area contributed by atoms with E-state index in [1.54, 1.807) is 13.8 Å². The normalized spacial score (nSPS) is 23.8. The van der Waals surface area contributed by atoms with E-state index in [2.05, 4.69) is 5.32 Å². The van der Waals surface area contributed by atoms with Gasteiger partial charge in [0.15, 0.2) is 0 Å². The maximum atomic E-state index is 12.0. The molecular weight excluding hydrogens is 278 g/mol. The number of carbonyl (C=O) groups excluding carboxylic acids is 1.